The van der Waals surface area contributed by atoms with Gasteiger partial charge in [0.25, 0.3) is 5.91 Å². The normalized spacial score (nSPS) is 14.1. The average molecular weight is 268 g/mol. The maximum atomic E-state index is 11.6. The van der Waals surface area contributed by atoms with Crippen molar-refractivity contribution in [3.05, 3.63) is 29.0 Å². The van der Waals surface area contributed by atoms with Gasteiger partial charge in [-0.15, -0.1) is 0 Å². The molecule has 1 aliphatic rings. The summed E-state index contributed by atoms with van der Waals surface area (Å²) in [4.78, 5) is 26.9. The Morgan fingerprint density at radius 2 is 2.06 bits per heavy atom. The fraction of sp³-hybridized carbons (Fsp3) is 0.417. The largest absolute Gasteiger partial charge is 0.354 e. The van der Waals surface area contributed by atoms with Crippen molar-refractivity contribution in [3.63, 3.8) is 0 Å². The van der Waals surface area contributed by atoms with Gasteiger partial charge in [-0.25, -0.2) is 0 Å². The maximum absolute atomic E-state index is 11.6. The van der Waals surface area contributed by atoms with Gasteiger partial charge in [0.05, 0.1) is 0 Å². The van der Waals surface area contributed by atoms with Crippen LogP contribution in [0.15, 0.2) is 18.3 Å². The number of carbonyl (C=O) groups excluding carboxylic acids is 2. The third-order valence-electron chi connectivity index (χ3n) is 2.61. The molecule has 2 N–H and O–H groups in total. The van der Waals surface area contributed by atoms with E-state index in [4.69, 9.17) is 11.6 Å². The van der Waals surface area contributed by atoms with Crippen LogP contribution < -0.4 is 10.6 Å². The van der Waals surface area contributed by atoms with Crippen molar-refractivity contribution in [1.82, 2.24) is 15.6 Å². The van der Waals surface area contributed by atoms with Crippen molar-refractivity contribution in [2.24, 2.45) is 5.92 Å². The number of amides is 2. The fourth-order valence-electron chi connectivity index (χ4n) is 1.47. The first kappa shape index (κ1) is 12.8. The molecule has 18 heavy (non-hydrogen) atoms. The Kier molecular flexibility index (Phi) is 4.15. The minimum atomic E-state index is -0.293. The first-order valence-electron chi connectivity index (χ1n) is 5.84. The zero-order valence-corrected chi connectivity index (χ0v) is 10.5. The third kappa shape index (κ3) is 3.70. The molecule has 2 rings (SSSR count). The molecule has 1 aliphatic carbocycles. The quantitative estimate of drug-likeness (QED) is 0.782. The number of rotatable bonds is 5. The smallest absolute Gasteiger partial charge is 0.269 e. The van der Waals surface area contributed by atoms with Crippen LogP contribution in [0.4, 0.5) is 0 Å². The Bertz CT molecular complexity index is 460. The molecule has 0 aromatic carbocycles. The lowest BCUT2D eigenvalue weighted by Gasteiger charge is -2.06. The summed E-state index contributed by atoms with van der Waals surface area (Å²) in [7, 11) is 0. The molecule has 0 saturated heterocycles. The van der Waals surface area contributed by atoms with Crippen LogP contribution in [0.3, 0.4) is 0 Å². The van der Waals surface area contributed by atoms with E-state index in [-0.39, 0.29) is 23.4 Å². The number of nitrogens with one attached hydrogen (secondary N) is 2. The lowest BCUT2D eigenvalue weighted by Crippen LogP contribution is -2.35. The molecule has 1 aromatic rings. The van der Waals surface area contributed by atoms with Crippen molar-refractivity contribution in [2.45, 2.75) is 12.8 Å². The van der Waals surface area contributed by atoms with E-state index in [2.05, 4.69) is 15.6 Å². The number of hydrogen-bond donors (Lipinski definition) is 2. The van der Waals surface area contributed by atoms with Crippen LogP contribution in [0.25, 0.3) is 0 Å². The molecule has 2 amide bonds. The van der Waals surface area contributed by atoms with Crippen LogP contribution in [0.1, 0.15) is 23.3 Å². The molecular weight excluding hydrogens is 254 g/mol. The van der Waals surface area contributed by atoms with Gasteiger partial charge in [0.1, 0.15) is 5.69 Å². The SMILES string of the molecule is O=C(NCCNC(=O)C1CC1)c1cc(Cl)ccn1. The first-order chi connectivity index (χ1) is 8.66. The summed E-state index contributed by atoms with van der Waals surface area (Å²) < 4.78 is 0. The summed E-state index contributed by atoms with van der Waals surface area (Å²) >= 11 is 5.76. The molecule has 0 aliphatic heterocycles. The Hall–Kier alpha value is -1.62. The van der Waals surface area contributed by atoms with E-state index in [0.717, 1.165) is 12.8 Å². The minimum Gasteiger partial charge on any atom is -0.354 e. The van der Waals surface area contributed by atoms with Crippen molar-refractivity contribution < 1.29 is 9.59 Å². The van der Waals surface area contributed by atoms with Crippen LogP contribution in [-0.4, -0.2) is 29.9 Å². The maximum Gasteiger partial charge on any atom is 0.269 e. The average Bonchev–Trinajstić information content (AvgIpc) is 3.18. The van der Waals surface area contributed by atoms with Crippen molar-refractivity contribution in [2.75, 3.05) is 13.1 Å². The highest BCUT2D eigenvalue weighted by molar-refractivity contribution is 6.30. The van der Waals surface area contributed by atoms with Crippen LogP contribution in [0.5, 0.6) is 0 Å². The monoisotopic (exact) mass is 267 g/mol. The van der Waals surface area contributed by atoms with Crippen LogP contribution in [-0.2, 0) is 4.79 Å². The van der Waals surface area contributed by atoms with Gasteiger partial charge in [-0.05, 0) is 25.0 Å². The highest BCUT2D eigenvalue weighted by atomic mass is 35.5. The number of nitrogens with zero attached hydrogens (tertiary/aromatic N) is 1. The molecule has 0 bridgehead atoms. The molecule has 1 heterocycles. The van der Waals surface area contributed by atoms with E-state index in [0.29, 0.717) is 18.1 Å². The number of hydrogen-bond acceptors (Lipinski definition) is 3. The van der Waals surface area contributed by atoms with Gasteiger partial charge in [-0.3, -0.25) is 14.6 Å². The summed E-state index contributed by atoms with van der Waals surface area (Å²) in [5.74, 6) is -0.0291. The van der Waals surface area contributed by atoms with Gasteiger partial charge in [-0.1, -0.05) is 11.6 Å². The molecule has 0 atom stereocenters. The van der Waals surface area contributed by atoms with Crippen molar-refractivity contribution in [3.8, 4) is 0 Å². The van der Waals surface area contributed by atoms with E-state index in [1.54, 1.807) is 6.07 Å². The second-order valence-electron chi connectivity index (χ2n) is 4.18. The van der Waals surface area contributed by atoms with E-state index in [1.807, 2.05) is 0 Å². The van der Waals surface area contributed by atoms with E-state index < -0.39 is 0 Å². The second kappa shape index (κ2) is 5.82. The van der Waals surface area contributed by atoms with Crippen LogP contribution in [0, 0.1) is 5.92 Å². The zero-order chi connectivity index (χ0) is 13.0. The second-order valence-corrected chi connectivity index (χ2v) is 4.62. The summed E-state index contributed by atoms with van der Waals surface area (Å²) in [6, 6.07) is 3.11. The van der Waals surface area contributed by atoms with Gasteiger partial charge in [0.2, 0.25) is 5.91 Å². The van der Waals surface area contributed by atoms with Gasteiger partial charge in [0, 0.05) is 30.2 Å². The topological polar surface area (TPSA) is 71.1 Å². The van der Waals surface area contributed by atoms with E-state index >= 15 is 0 Å². The number of halogens is 1. The molecule has 6 heteroatoms. The summed E-state index contributed by atoms with van der Waals surface area (Å²) in [6.45, 7) is 0.813. The molecule has 5 nitrogen and oxygen atoms in total. The highest BCUT2D eigenvalue weighted by Gasteiger charge is 2.28. The minimum absolute atomic E-state index is 0.0742. The molecule has 0 unspecified atom stereocenters. The fourth-order valence-corrected chi connectivity index (χ4v) is 1.63. The number of aromatic nitrogens is 1. The van der Waals surface area contributed by atoms with Crippen LogP contribution in [0.2, 0.25) is 5.02 Å². The molecule has 1 aromatic heterocycles. The standard InChI is InChI=1S/C12H14ClN3O2/c13-9-3-4-14-10(7-9)12(18)16-6-5-15-11(17)8-1-2-8/h3-4,7-8H,1-2,5-6H2,(H,15,17)(H,16,18). The van der Waals surface area contributed by atoms with E-state index in [1.165, 1.54) is 12.3 Å². The van der Waals surface area contributed by atoms with Gasteiger partial charge < -0.3 is 10.6 Å². The summed E-state index contributed by atoms with van der Waals surface area (Å²) in [5.41, 5.74) is 0.274. The first-order valence-corrected chi connectivity index (χ1v) is 6.22. The van der Waals surface area contributed by atoms with Gasteiger partial charge in [-0.2, -0.15) is 0 Å². The predicted octanol–water partition coefficient (Wildman–Crippen LogP) is 0.991. The lowest BCUT2D eigenvalue weighted by molar-refractivity contribution is -0.122. The predicted molar refractivity (Wildman–Crippen MR) is 67.3 cm³/mol. The molecular formula is C12H14ClN3O2. The Morgan fingerprint density at radius 1 is 1.33 bits per heavy atom. The molecule has 0 radical (unpaired) electrons. The van der Waals surface area contributed by atoms with E-state index in [9.17, 15) is 9.59 Å². The molecule has 96 valence electrons. The van der Waals surface area contributed by atoms with Gasteiger partial charge >= 0.3 is 0 Å². The zero-order valence-electron chi connectivity index (χ0n) is 9.78. The summed E-state index contributed by atoms with van der Waals surface area (Å²) in [6.07, 6.45) is 3.43. The Morgan fingerprint density at radius 3 is 2.72 bits per heavy atom. The van der Waals surface area contributed by atoms with Crippen LogP contribution >= 0.6 is 11.6 Å². The third-order valence-corrected chi connectivity index (χ3v) is 2.85. The number of pyridine rings is 1. The molecule has 0 spiro atoms. The van der Waals surface area contributed by atoms with Crippen molar-refractivity contribution in [1.29, 1.82) is 0 Å². The lowest BCUT2D eigenvalue weighted by atomic mass is 10.3. The summed E-state index contributed by atoms with van der Waals surface area (Å²) in [5, 5.41) is 5.90. The Labute approximate surface area is 110 Å². The molecule has 1 fully saturated rings. The Balaban J connectivity index is 1.69. The molecule has 1 saturated carbocycles. The van der Waals surface area contributed by atoms with Crippen molar-refractivity contribution >= 4 is 23.4 Å². The number of carbonyl (C=O) groups is 2. The highest BCUT2D eigenvalue weighted by Crippen LogP contribution is 2.28. The van der Waals surface area contributed by atoms with Gasteiger partial charge in [0.15, 0.2) is 0 Å².